The second-order valence-electron chi connectivity index (χ2n) is 5.14. The van der Waals surface area contributed by atoms with Crippen LogP contribution in [-0.2, 0) is 19.4 Å². The van der Waals surface area contributed by atoms with Crippen LogP contribution in [0.25, 0.3) is 0 Å². The van der Waals surface area contributed by atoms with Crippen molar-refractivity contribution >= 4 is 21.8 Å². The second-order valence-corrected chi connectivity index (χ2v) is 7.35. The minimum Gasteiger partial charge on any atom is -0.467 e. The van der Waals surface area contributed by atoms with Gasteiger partial charge in [-0.25, -0.2) is 13.2 Å². The standard InChI is InChI=1S/C14H22N4O4S/c1-10-4-6-11(7-5-10)23(20,21)14(17,12(19)22-2)8-3-9-18-13(15)16/h4-7H,3,8-9,17H2,1-2H3,(H4,15,16,18)/t14-/m1/s1. The number of sulfone groups is 1. The number of rotatable bonds is 7. The predicted molar refractivity (Wildman–Crippen MR) is 86.5 cm³/mol. The molecule has 0 aromatic heterocycles. The van der Waals surface area contributed by atoms with E-state index in [9.17, 15) is 13.2 Å². The van der Waals surface area contributed by atoms with Crippen LogP contribution < -0.4 is 16.8 Å². The summed E-state index contributed by atoms with van der Waals surface area (Å²) in [5.74, 6) is -1.27. The number of methoxy groups -OCH3 is 1. The van der Waals surface area contributed by atoms with E-state index < -0.39 is 20.7 Å². The summed E-state index contributed by atoms with van der Waals surface area (Å²) in [7, 11) is -3.05. The summed E-state index contributed by atoms with van der Waals surface area (Å²) in [5, 5.41) is 9.58. The van der Waals surface area contributed by atoms with Gasteiger partial charge in [-0.2, -0.15) is 0 Å². The molecule has 0 spiro atoms. The van der Waals surface area contributed by atoms with Gasteiger partial charge in [0.1, 0.15) is 0 Å². The summed E-state index contributed by atoms with van der Waals surface area (Å²) < 4.78 is 30.2. The van der Waals surface area contributed by atoms with Crippen LogP contribution in [0.15, 0.2) is 29.2 Å². The third-order valence-electron chi connectivity index (χ3n) is 3.38. The largest absolute Gasteiger partial charge is 0.467 e. The lowest BCUT2D eigenvalue weighted by Gasteiger charge is -2.26. The van der Waals surface area contributed by atoms with Gasteiger partial charge >= 0.3 is 5.97 Å². The van der Waals surface area contributed by atoms with Gasteiger partial charge in [0.05, 0.1) is 12.0 Å². The van der Waals surface area contributed by atoms with Crippen molar-refractivity contribution in [2.45, 2.75) is 29.5 Å². The van der Waals surface area contributed by atoms with Crippen LogP contribution in [0.2, 0.25) is 0 Å². The number of carbonyl (C=O) groups excluding carboxylic acids is 1. The van der Waals surface area contributed by atoms with Crippen LogP contribution >= 0.6 is 0 Å². The summed E-state index contributed by atoms with van der Waals surface area (Å²) in [6.45, 7) is 2.04. The van der Waals surface area contributed by atoms with Crippen LogP contribution in [0.5, 0.6) is 0 Å². The Labute approximate surface area is 135 Å². The Balaban J connectivity index is 3.10. The maximum Gasteiger partial charge on any atom is 0.342 e. The van der Waals surface area contributed by atoms with Gasteiger partial charge in [-0.3, -0.25) is 5.41 Å². The molecule has 0 aliphatic rings. The highest BCUT2D eigenvalue weighted by Gasteiger charge is 2.48. The van der Waals surface area contributed by atoms with Crippen LogP contribution in [-0.4, -0.2) is 38.9 Å². The van der Waals surface area contributed by atoms with Crippen LogP contribution in [0.3, 0.4) is 0 Å². The lowest BCUT2D eigenvalue weighted by atomic mass is 10.1. The molecule has 1 aromatic rings. The Morgan fingerprint density at radius 3 is 2.39 bits per heavy atom. The number of aryl methyl sites for hydroxylation is 1. The van der Waals surface area contributed by atoms with Crippen molar-refractivity contribution in [3.8, 4) is 0 Å². The second kappa shape index (κ2) is 7.42. The fourth-order valence-electron chi connectivity index (χ4n) is 2.02. The topological polar surface area (TPSA) is 148 Å². The smallest absolute Gasteiger partial charge is 0.342 e. The maximum atomic E-state index is 12.8. The molecule has 6 N–H and O–H groups in total. The highest BCUT2D eigenvalue weighted by molar-refractivity contribution is 7.93. The van der Waals surface area contributed by atoms with Gasteiger partial charge in [0, 0.05) is 6.54 Å². The first kappa shape index (κ1) is 18.9. The van der Waals surface area contributed by atoms with Gasteiger partial charge < -0.3 is 21.5 Å². The minimum atomic E-state index is -4.14. The van der Waals surface area contributed by atoms with E-state index in [1.165, 1.54) is 12.1 Å². The molecule has 1 rings (SSSR count). The van der Waals surface area contributed by atoms with E-state index in [0.717, 1.165) is 12.7 Å². The Bertz CT molecular complexity index is 673. The van der Waals surface area contributed by atoms with Crippen LogP contribution in [0.4, 0.5) is 0 Å². The van der Waals surface area contributed by atoms with E-state index in [4.69, 9.17) is 16.9 Å². The normalized spacial score (nSPS) is 13.9. The van der Waals surface area contributed by atoms with Crippen molar-refractivity contribution in [2.75, 3.05) is 13.7 Å². The minimum absolute atomic E-state index is 0.0458. The lowest BCUT2D eigenvalue weighted by molar-refractivity contribution is -0.143. The highest BCUT2D eigenvalue weighted by Crippen LogP contribution is 2.27. The Morgan fingerprint density at radius 1 is 1.35 bits per heavy atom. The molecular formula is C14H22N4O4S. The molecule has 0 fully saturated rings. The highest BCUT2D eigenvalue weighted by atomic mass is 32.2. The third kappa shape index (κ3) is 4.20. The number of hydrogen-bond acceptors (Lipinski definition) is 6. The Morgan fingerprint density at radius 2 is 1.91 bits per heavy atom. The van der Waals surface area contributed by atoms with E-state index in [2.05, 4.69) is 10.1 Å². The molecule has 128 valence electrons. The number of guanidine groups is 1. The summed E-state index contributed by atoms with van der Waals surface area (Å²) in [5.41, 5.74) is 12.0. The Kier molecular flexibility index (Phi) is 6.11. The van der Waals surface area contributed by atoms with Crippen molar-refractivity contribution < 1.29 is 17.9 Å². The first-order valence-corrected chi connectivity index (χ1v) is 8.40. The Hall–Kier alpha value is -2.13. The molecule has 9 heteroatoms. The maximum absolute atomic E-state index is 12.8. The third-order valence-corrected chi connectivity index (χ3v) is 5.60. The molecule has 1 aromatic carbocycles. The molecule has 1 atom stereocenters. The first-order chi connectivity index (χ1) is 10.6. The zero-order chi connectivity index (χ0) is 17.7. The van der Waals surface area contributed by atoms with E-state index in [1.54, 1.807) is 12.1 Å². The zero-order valence-corrected chi connectivity index (χ0v) is 13.9. The molecule has 0 bridgehead atoms. The molecular weight excluding hydrogens is 320 g/mol. The van der Waals surface area contributed by atoms with E-state index in [1.807, 2.05) is 6.92 Å². The fourth-order valence-corrected chi connectivity index (χ4v) is 3.65. The first-order valence-electron chi connectivity index (χ1n) is 6.91. The summed E-state index contributed by atoms with van der Waals surface area (Å²) in [4.78, 5) is 9.79. The quantitative estimate of drug-likeness (QED) is 0.233. The number of esters is 1. The molecule has 0 saturated heterocycles. The molecule has 0 aliphatic heterocycles. The lowest BCUT2D eigenvalue weighted by Crippen LogP contribution is -2.55. The van der Waals surface area contributed by atoms with Crippen molar-refractivity contribution in [1.29, 1.82) is 5.41 Å². The molecule has 0 unspecified atom stereocenters. The molecule has 0 radical (unpaired) electrons. The number of ether oxygens (including phenoxy) is 1. The van der Waals surface area contributed by atoms with Crippen molar-refractivity contribution in [3.05, 3.63) is 29.8 Å². The average molecular weight is 342 g/mol. The van der Waals surface area contributed by atoms with Crippen molar-refractivity contribution in [2.24, 2.45) is 11.5 Å². The van der Waals surface area contributed by atoms with Gasteiger partial charge in [-0.05, 0) is 31.9 Å². The van der Waals surface area contributed by atoms with Gasteiger partial charge in [-0.15, -0.1) is 0 Å². The van der Waals surface area contributed by atoms with E-state index in [0.29, 0.717) is 0 Å². The van der Waals surface area contributed by atoms with Gasteiger partial charge in [0.2, 0.25) is 14.7 Å². The molecule has 23 heavy (non-hydrogen) atoms. The van der Waals surface area contributed by atoms with Gasteiger partial charge in [0.15, 0.2) is 5.96 Å². The monoisotopic (exact) mass is 342 g/mol. The summed E-state index contributed by atoms with van der Waals surface area (Å²) >= 11 is 0. The van der Waals surface area contributed by atoms with Crippen molar-refractivity contribution in [1.82, 2.24) is 5.32 Å². The summed E-state index contributed by atoms with van der Waals surface area (Å²) in [6, 6.07) is 6.07. The summed E-state index contributed by atoms with van der Waals surface area (Å²) in [6.07, 6.45) is 0.0481. The van der Waals surface area contributed by atoms with Crippen LogP contribution in [0, 0.1) is 12.3 Å². The van der Waals surface area contributed by atoms with Crippen molar-refractivity contribution in [3.63, 3.8) is 0 Å². The average Bonchev–Trinajstić information content (AvgIpc) is 2.50. The predicted octanol–water partition coefficient (Wildman–Crippen LogP) is -0.140. The number of nitrogens with one attached hydrogen (secondary N) is 2. The van der Waals surface area contributed by atoms with Crippen LogP contribution in [0.1, 0.15) is 18.4 Å². The van der Waals surface area contributed by atoms with E-state index >= 15 is 0 Å². The molecule has 8 nitrogen and oxygen atoms in total. The zero-order valence-electron chi connectivity index (χ0n) is 13.1. The number of carbonyl (C=O) groups is 1. The molecule has 0 saturated carbocycles. The molecule has 0 amide bonds. The molecule has 0 aliphatic carbocycles. The number of nitrogens with two attached hydrogens (primary N) is 2. The number of benzene rings is 1. The molecule has 0 heterocycles. The SMILES string of the molecule is COC(=O)[C@@](N)(CCCNC(=N)N)S(=O)(=O)c1ccc(C)cc1. The van der Waals surface area contributed by atoms with E-state index in [-0.39, 0.29) is 30.2 Å². The fraction of sp³-hybridized carbons (Fsp3) is 0.429. The number of hydrogen-bond donors (Lipinski definition) is 4. The van der Waals surface area contributed by atoms with Gasteiger partial charge in [-0.1, -0.05) is 17.7 Å². The van der Waals surface area contributed by atoms with Gasteiger partial charge in [0.25, 0.3) is 0 Å².